The van der Waals surface area contributed by atoms with E-state index in [-0.39, 0.29) is 0 Å². The van der Waals surface area contributed by atoms with Crippen molar-refractivity contribution in [2.75, 3.05) is 33.8 Å². The fourth-order valence-corrected chi connectivity index (χ4v) is 3.59. The molecule has 2 aromatic rings. The summed E-state index contributed by atoms with van der Waals surface area (Å²) in [4.78, 5) is 6.80. The van der Waals surface area contributed by atoms with Gasteiger partial charge in [-0.1, -0.05) is 17.3 Å². The van der Waals surface area contributed by atoms with Gasteiger partial charge in [-0.25, -0.2) is 0 Å². The number of nitrogens with zero attached hydrogens (tertiary/aromatic N) is 3. The van der Waals surface area contributed by atoms with Gasteiger partial charge in [-0.05, 0) is 44.4 Å². The Hall–Kier alpha value is -2.50. The van der Waals surface area contributed by atoms with Gasteiger partial charge in [0.2, 0.25) is 0 Å². The third-order valence-electron chi connectivity index (χ3n) is 5.13. The molecule has 1 atom stereocenters. The number of rotatable bonds is 5. The van der Waals surface area contributed by atoms with Crippen molar-refractivity contribution < 1.29 is 9.26 Å². The number of likely N-dealkylation sites (tertiary alicyclic amines) is 1. The Morgan fingerprint density at radius 3 is 2.73 bits per heavy atom. The Labute approximate surface area is 155 Å². The smallest absolute Gasteiger partial charge is 0.193 e. The van der Waals surface area contributed by atoms with Crippen molar-refractivity contribution in [3.8, 4) is 5.75 Å². The summed E-state index contributed by atoms with van der Waals surface area (Å²) in [5.41, 5.74) is 3.52. The van der Waals surface area contributed by atoms with Crippen molar-refractivity contribution in [3.63, 3.8) is 0 Å². The van der Waals surface area contributed by atoms with Crippen molar-refractivity contribution >= 4 is 5.96 Å². The molecule has 0 radical (unpaired) electrons. The van der Waals surface area contributed by atoms with Crippen LogP contribution in [0.4, 0.5) is 0 Å². The number of aromatic nitrogens is 1. The first-order valence-electron chi connectivity index (χ1n) is 9.13. The number of guanidine groups is 1. The number of aryl methyl sites for hydroxylation is 2. The topological polar surface area (TPSA) is 62.9 Å². The fourth-order valence-electron chi connectivity index (χ4n) is 3.59. The molecule has 1 aliphatic rings. The van der Waals surface area contributed by atoms with Gasteiger partial charge in [0.1, 0.15) is 11.5 Å². The molecule has 140 valence electrons. The highest BCUT2D eigenvalue weighted by Crippen LogP contribution is 2.28. The third-order valence-corrected chi connectivity index (χ3v) is 5.13. The molecule has 0 spiro atoms. The zero-order valence-electron chi connectivity index (χ0n) is 16.1. The molecule has 1 unspecified atom stereocenters. The number of hydrogen-bond acceptors (Lipinski definition) is 4. The Bertz CT molecular complexity index is 732. The molecule has 0 aliphatic carbocycles. The number of aliphatic imine (C=N–C) groups is 1. The zero-order valence-corrected chi connectivity index (χ0v) is 16.1. The van der Waals surface area contributed by atoms with Gasteiger partial charge in [0.25, 0.3) is 0 Å². The van der Waals surface area contributed by atoms with Gasteiger partial charge in [-0.2, -0.15) is 0 Å². The fraction of sp³-hybridized carbons (Fsp3) is 0.500. The molecule has 6 heteroatoms. The van der Waals surface area contributed by atoms with Crippen LogP contribution in [-0.4, -0.2) is 49.8 Å². The Morgan fingerprint density at radius 1 is 1.35 bits per heavy atom. The maximum atomic E-state index is 5.25. The SMILES string of the molecule is CN=C(NCCc1c(C)noc1C)N1CCC(c2ccc(OC)cc2)C1. The summed E-state index contributed by atoms with van der Waals surface area (Å²) in [5.74, 6) is 3.30. The highest BCUT2D eigenvalue weighted by Gasteiger charge is 2.26. The normalized spacial score (nSPS) is 17.6. The molecular formula is C20H28N4O2. The summed E-state index contributed by atoms with van der Waals surface area (Å²) in [6.07, 6.45) is 2.02. The largest absolute Gasteiger partial charge is 0.497 e. The predicted molar refractivity (Wildman–Crippen MR) is 103 cm³/mol. The standard InChI is InChI=1S/C20H28N4O2/c1-14-19(15(2)26-23-14)9-11-22-20(21-3)24-12-10-17(13-24)16-5-7-18(25-4)8-6-16/h5-8,17H,9-13H2,1-4H3,(H,21,22). The molecule has 1 fully saturated rings. The van der Waals surface area contributed by atoms with Crippen molar-refractivity contribution in [2.24, 2.45) is 4.99 Å². The van der Waals surface area contributed by atoms with E-state index in [4.69, 9.17) is 9.26 Å². The monoisotopic (exact) mass is 356 g/mol. The van der Waals surface area contributed by atoms with E-state index in [1.165, 1.54) is 11.1 Å². The second-order valence-electron chi connectivity index (χ2n) is 6.73. The lowest BCUT2D eigenvalue weighted by Crippen LogP contribution is -2.40. The van der Waals surface area contributed by atoms with E-state index < -0.39 is 0 Å². The maximum Gasteiger partial charge on any atom is 0.193 e. The lowest BCUT2D eigenvalue weighted by atomic mass is 9.98. The first-order chi connectivity index (χ1) is 12.6. The van der Waals surface area contributed by atoms with Crippen LogP contribution in [0.1, 0.15) is 34.9 Å². The molecule has 26 heavy (non-hydrogen) atoms. The maximum absolute atomic E-state index is 5.25. The summed E-state index contributed by atoms with van der Waals surface area (Å²) in [7, 11) is 3.55. The average Bonchev–Trinajstić information content (AvgIpc) is 3.27. The van der Waals surface area contributed by atoms with Gasteiger partial charge >= 0.3 is 0 Å². The van der Waals surface area contributed by atoms with E-state index in [2.05, 4.69) is 32.5 Å². The Balaban J connectivity index is 1.54. The highest BCUT2D eigenvalue weighted by molar-refractivity contribution is 5.80. The lowest BCUT2D eigenvalue weighted by Gasteiger charge is -2.22. The van der Waals surface area contributed by atoms with E-state index in [1.807, 2.05) is 33.0 Å². The minimum atomic E-state index is 0.530. The molecule has 1 aromatic heterocycles. The molecule has 0 saturated carbocycles. The molecule has 2 heterocycles. The molecule has 3 rings (SSSR count). The first-order valence-corrected chi connectivity index (χ1v) is 9.13. The second kappa shape index (κ2) is 8.25. The van der Waals surface area contributed by atoms with Crippen LogP contribution < -0.4 is 10.1 Å². The Morgan fingerprint density at radius 2 is 2.12 bits per heavy atom. The van der Waals surface area contributed by atoms with Crippen molar-refractivity contribution in [3.05, 3.63) is 46.8 Å². The number of ether oxygens (including phenoxy) is 1. The number of hydrogen-bond donors (Lipinski definition) is 1. The highest BCUT2D eigenvalue weighted by atomic mass is 16.5. The van der Waals surface area contributed by atoms with Crippen LogP contribution in [0.5, 0.6) is 5.75 Å². The lowest BCUT2D eigenvalue weighted by molar-refractivity contribution is 0.392. The van der Waals surface area contributed by atoms with E-state index in [9.17, 15) is 0 Å². The van der Waals surface area contributed by atoms with Crippen LogP contribution in [0.25, 0.3) is 0 Å². The minimum Gasteiger partial charge on any atom is -0.497 e. The van der Waals surface area contributed by atoms with Gasteiger partial charge in [0.15, 0.2) is 5.96 Å². The van der Waals surface area contributed by atoms with Gasteiger partial charge in [0, 0.05) is 38.2 Å². The van der Waals surface area contributed by atoms with Gasteiger partial charge < -0.3 is 19.5 Å². The third kappa shape index (κ3) is 4.00. The number of nitrogens with one attached hydrogen (secondary N) is 1. The Kier molecular flexibility index (Phi) is 5.81. The van der Waals surface area contributed by atoms with Crippen molar-refractivity contribution in [2.45, 2.75) is 32.6 Å². The zero-order chi connectivity index (χ0) is 18.5. The van der Waals surface area contributed by atoms with Crippen LogP contribution in [-0.2, 0) is 6.42 Å². The van der Waals surface area contributed by atoms with E-state index >= 15 is 0 Å². The molecule has 0 amide bonds. The predicted octanol–water partition coefficient (Wildman–Crippen LogP) is 2.91. The molecular weight excluding hydrogens is 328 g/mol. The van der Waals surface area contributed by atoms with Gasteiger partial charge in [-0.3, -0.25) is 4.99 Å². The van der Waals surface area contributed by atoms with Crippen LogP contribution in [0.15, 0.2) is 33.8 Å². The van der Waals surface area contributed by atoms with Crippen molar-refractivity contribution in [1.82, 2.24) is 15.4 Å². The van der Waals surface area contributed by atoms with Crippen LogP contribution >= 0.6 is 0 Å². The molecule has 0 bridgehead atoms. The second-order valence-corrected chi connectivity index (χ2v) is 6.73. The molecule has 1 aromatic carbocycles. The quantitative estimate of drug-likeness (QED) is 0.659. The number of benzene rings is 1. The first kappa shape index (κ1) is 18.3. The van der Waals surface area contributed by atoms with E-state index in [0.29, 0.717) is 5.92 Å². The summed E-state index contributed by atoms with van der Waals surface area (Å²) >= 11 is 0. The van der Waals surface area contributed by atoms with Crippen LogP contribution in [0.3, 0.4) is 0 Å². The molecule has 6 nitrogen and oxygen atoms in total. The van der Waals surface area contributed by atoms with Crippen molar-refractivity contribution in [1.29, 1.82) is 0 Å². The summed E-state index contributed by atoms with van der Waals surface area (Å²) in [6.45, 7) is 6.77. The summed E-state index contributed by atoms with van der Waals surface area (Å²) in [5, 5.41) is 7.50. The average molecular weight is 356 g/mol. The molecule has 1 aliphatic heterocycles. The summed E-state index contributed by atoms with van der Waals surface area (Å²) < 4.78 is 10.5. The van der Waals surface area contributed by atoms with Gasteiger partial charge in [-0.15, -0.1) is 0 Å². The molecule has 1 saturated heterocycles. The van der Waals surface area contributed by atoms with E-state index in [0.717, 1.165) is 55.6 Å². The molecule has 1 N–H and O–H groups in total. The van der Waals surface area contributed by atoms with Crippen LogP contribution in [0.2, 0.25) is 0 Å². The minimum absolute atomic E-state index is 0.530. The van der Waals surface area contributed by atoms with Crippen LogP contribution in [0, 0.1) is 13.8 Å². The van der Waals surface area contributed by atoms with E-state index in [1.54, 1.807) is 7.11 Å². The summed E-state index contributed by atoms with van der Waals surface area (Å²) in [6, 6.07) is 8.41. The number of methoxy groups -OCH3 is 1. The van der Waals surface area contributed by atoms with Gasteiger partial charge in [0.05, 0.1) is 12.8 Å².